The fourth-order valence-corrected chi connectivity index (χ4v) is 3.88. The number of benzene rings is 1. The molecule has 0 radical (unpaired) electrons. The molecule has 1 aliphatic rings. The maximum absolute atomic E-state index is 12.1. The van der Waals surface area contributed by atoms with Gasteiger partial charge in [-0.05, 0) is 38.3 Å². The molecule has 3 rings (SSSR count). The summed E-state index contributed by atoms with van der Waals surface area (Å²) in [5.41, 5.74) is 2.10. The van der Waals surface area contributed by atoms with Crippen LogP contribution in [0.15, 0.2) is 30.3 Å². The normalized spacial score (nSPS) is 17.3. The van der Waals surface area contributed by atoms with Crippen molar-refractivity contribution < 1.29 is 4.79 Å². The van der Waals surface area contributed by atoms with Crippen LogP contribution in [0.4, 0.5) is 5.13 Å². The molecule has 0 saturated carbocycles. The van der Waals surface area contributed by atoms with Crippen LogP contribution < -0.4 is 10.6 Å². The predicted octanol–water partition coefficient (Wildman–Crippen LogP) is 3.70. The Morgan fingerprint density at radius 2 is 2.22 bits per heavy atom. The summed E-state index contributed by atoms with van der Waals surface area (Å²) in [5.74, 6) is 0.719. The molecule has 23 heavy (non-hydrogen) atoms. The predicted molar refractivity (Wildman–Crippen MR) is 95.8 cm³/mol. The molecule has 0 aliphatic carbocycles. The van der Waals surface area contributed by atoms with Gasteiger partial charge < -0.3 is 10.6 Å². The van der Waals surface area contributed by atoms with Gasteiger partial charge in [-0.25, -0.2) is 4.98 Å². The largest absolute Gasteiger partial charge is 0.316 e. The zero-order valence-electron chi connectivity index (χ0n) is 13.5. The minimum atomic E-state index is 0.0768. The van der Waals surface area contributed by atoms with Crippen molar-refractivity contribution in [1.29, 1.82) is 0 Å². The van der Waals surface area contributed by atoms with Gasteiger partial charge in [0.05, 0.1) is 5.69 Å². The molecule has 1 amide bonds. The molecule has 2 heterocycles. The highest BCUT2D eigenvalue weighted by molar-refractivity contribution is 7.16. The Morgan fingerprint density at radius 1 is 1.39 bits per heavy atom. The Hall–Kier alpha value is -1.72. The van der Waals surface area contributed by atoms with Crippen molar-refractivity contribution in [2.45, 2.75) is 32.6 Å². The molecule has 0 spiro atoms. The molecule has 2 aromatic rings. The number of anilines is 1. The highest BCUT2D eigenvalue weighted by atomic mass is 32.1. The number of thiazole rings is 1. The standard InChI is InChI=1S/C18H23N3OS/c1-2-15-17(14-6-4-3-5-7-14)21-18(23-15)20-16(22)9-8-13-10-11-19-12-13/h3-7,13,19H,2,8-12H2,1H3,(H,20,21,22). The van der Waals surface area contributed by atoms with Crippen LogP contribution in [0, 0.1) is 5.92 Å². The second kappa shape index (κ2) is 7.70. The van der Waals surface area contributed by atoms with Crippen LogP contribution in [0.5, 0.6) is 0 Å². The second-order valence-electron chi connectivity index (χ2n) is 5.96. The fourth-order valence-electron chi connectivity index (χ4n) is 2.94. The van der Waals surface area contributed by atoms with Crippen LogP contribution >= 0.6 is 11.3 Å². The first kappa shape index (κ1) is 16.1. The Balaban J connectivity index is 1.63. The lowest BCUT2D eigenvalue weighted by Gasteiger charge is -2.07. The summed E-state index contributed by atoms with van der Waals surface area (Å²) in [7, 11) is 0. The van der Waals surface area contributed by atoms with E-state index in [-0.39, 0.29) is 5.91 Å². The van der Waals surface area contributed by atoms with E-state index in [2.05, 4.69) is 34.7 Å². The number of rotatable bonds is 6. The number of nitrogens with one attached hydrogen (secondary N) is 2. The van der Waals surface area contributed by atoms with Crippen LogP contribution in [0.3, 0.4) is 0 Å². The Morgan fingerprint density at radius 3 is 2.91 bits per heavy atom. The van der Waals surface area contributed by atoms with Crippen LogP contribution in [-0.2, 0) is 11.2 Å². The zero-order chi connectivity index (χ0) is 16.1. The first-order valence-electron chi connectivity index (χ1n) is 8.32. The quantitative estimate of drug-likeness (QED) is 0.849. The van der Waals surface area contributed by atoms with Crippen molar-refractivity contribution in [3.63, 3.8) is 0 Å². The highest BCUT2D eigenvalue weighted by Gasteiger charge is 2.17. The summed E-state index contributed by atoms with van der Waals surface area (Å²) in [4.78, 5) is 18.0. The molecular formula is C18H23N3OS. The Kier molecular flexibility index (Phi) is 5.41. The van der Waals surface area contributed by atoms with Crippen molar-refractivity contribution in [3.8, 4) is 11.3 Å². The van der Waals surface area contributed by atoms with Gasteiger partial charge in [0.15, 0.2) is 5.13 Å². The molecule has 4 nitrogen and oxygen atoms in total. The van der Waals surface area contributed by atoms with E-state index in [9.17, 15) is 4.79 Å². The van der Waals surface area contributed by atoms with Crippen molar-refractivity contribution in [2.24, 2.45) is 5.92 Å². The second-order valence-corrected chi connectivity index (χ2v) is 7.04. The first-order valence-corrected chi connectivity index (χ1v) is 9.13. The molecule has 122 valence electrons. The Labute approximate surface area is 141 Å². The summed E-state index contributed by atoms with van der Waals surface area (Å²) >= 11 is 1.59. The van der Waals surface area contributed by atoms with Gasteiger partial charge in [-0.15, -0.1) is 11.3 Å². The number of carbonyl (C=O) groups is 1. The molecule has 1 aliphatic heterocycles. The van der Waals surface area contributed by atoms with Gasteiger partial charge in [-0.3, -0.25) is 4.79 Å². The van der Waals surface area contributed by atoms with E-state index in [0.29, 0.717) is 12.3 Å². The third-order valence-corrected chi connectivity index (χ3v) is 5.37. The van der Waals surface area contributed by atoms with Gasteiger partial charge >= 0.3 is 0 Å². The molecule has 1 atom stereocenters. The van der Waals surface area contributed by atoms with Crippen LogP contribution in [0.2, 0.25) is 0 Å². The van der Waals surface area contributed by atoms with Crippen molar-refractivity contribution in [3.05, 3.63) is 35.2 Å². The van der Waals surface area contributed by atoms with Crippen LogP contribution in [-0.4, -0.2) is 24.0 Å². The number of hydrogen-bond donors (Lipinski definition) is 2. The molecule has 1 fully saturated rings. The van der Waals surface area contributed by atoms with E-state index in [4.69, 9.17) is 0 Å². The number of amides is 1. The topological polar surface area (TPSA) is 54.0 Å². The molecule has 1 aromatic carbocycles. The van der Waals surface area contributed by atoms with Gasteiger partial charge in [-0.2, -0.15) is 0 Å². The molecule has 1 unspecified atom stereocenters. The number of carbonyl (C=O) groups excluding carboxylic acids is 1. The van der Waals surface area contributed by atoms with Gasteiger partial charge in [0.25, 0.3) is 0 Å². The van der Waals surface area contributed by atoms with E-state index in [1.807, 2.05) is 18.2 Å². The van der Waals surface area contributed by atoms with Gasteiger partial charge in [0, 0.05) is 16.9 Å². The minimum absolute atomic E-state index is 0.0768. The minimum Gasteiger partial charge on any atom is -0.316 e. The fraction of sp³-hybridized carbons (Fsp3) is 0.444. The van der Waals surface area contributed by atoms with E-state index >= 15 is 0 Å². The molecule has 0 bridgehead atoms. The van der Waals surface area contributed by atoms with Crippen LogP contribution in [0.25, 0.3) is 11.3 Å². The van der Waals surface area contributed by atoms with Crippen molar-refractivity contribution >= 4 is 22.4 Å². The first-order chi connectivity index (χ1) is 11.3. The van der Waals surface area contributed by atoms with Crippen molar-refractivity contribution in [1.82, 2.24) is 10.3 Å². The Bertz CT molecular complexity index is 648. The summed E-state index contributed by atoms with van der Waals surface area (Å²) in [6, 6.07) is 10.2. The smallest absolute Gasteiger partial charge is 0.226 e. The summed E-state index contributed by atoms with van der Waals surface area (Å²) in [5, 5.41) is 7.04. The maximum Gasteiger partial charge on any atom is 0.226 e. The average molecular weight is 329 g/mol. The SMILES string of the molecule is CCc1sc(NC(=O)CCC2CCNC2)nc1-c1ccccc1. The average Bonchev–Trinajstić information content (AvgIpc) is 3.23. The van der Waals surface area contributed by atoms with Gasteiger partial charge in [0.2, 0.25) is 5.91 Å². The monoisotopic (exact) mass is 329 g/mol. The highest BCUT2D eigenvalue weighted by Crippen LogP contribution is 2.31. The maximum atomic E-state index is 12.1. The molecule has 2 N–H and O–H groups in total. The lowest BCUT2D eigenvalue weighted by atomic mass is 10.0. The van der Waals surface area contributed by atoms with Crippen molar-refractivity contribution in [2.75, 3.05) is 18.4 Å². The van der Waals surface area contributed by atoms with E-state index < -0.39 is 0 Å². The summed E-state index contributed by atoms with van der Waals surface area (Å²) < 4.78 is 0. The number of nitrogens with zero attached hydrogens (tertiary/aromatic N) is 1. The van der Waals surface area contributed by atoms with E-state index in [1.54, 1.807) is 11.3 Å². The number of hydrogen-bond acceptors (Lipinski definition) is 4. The lowest BCUT2D eigenvalue weighted by molar-refractivity contribution is -0.116. The summed E-state index contributed by atoms with van der Waals surface area (Å²) in [6.07, 6.45) is 3.64. The molecular weight excluding hydrogens is 306 g/mol. The zero-order valence-corrected chi connectivity index (χ0v) is 14.3. The molecule has 1 saturated heterocycles. The van der Waals surface area contributed by atoms with E-state index in [0.717, 1.165) is 42.3 Å². The third-order valence-electron chi connectivity index (χ3n) is 4.25. The number of aromatic nitrogens is 1. The lowest BCUT2D eigenvalue weighted by Crippen LogP contribution is -2.14. The van der Waals surface area contributed by atoms with Crippen LogP contribution in [0.1, 0.15) is 31.1 Å². The summed E-state index contributed by atoms with van der Waals surface area (Å²) in [6.45, 7) is 4.25. The van der Waals surface area contributed by atoms with Gasteiger partial charge in [-0.1, -0.05) is 37.3 Å². The molecule has 1 aromatic heterocycles. The van der Waals surface area contributed by atoms with E-state index in [1.165, 1.54) is 11.3 Å². The molecule has 5 heteroatoms. The van der Waals surface area contributed by atoms with Gasteiger partial charge in [0.1, 0.15) is 0 Å². The number of aryl methyl sites for hydroxylation is 1. The third kappa shape index (κ3) is 4.18.